The Hall–Kier alpha value is -2.99. The van der Waals surface area contributed by atoms with Gasteiger partial charge in [0.1, 0.15) is 11.4 Å². The van der Waals surface area contributed by atoms with Crippen molar-refractivity contribution < 1.29 is 19.1 Å². The number of benzene rings is 2. The number of aryl methyl sites for hydroxylation is 1. The lowest BCUT2D eigenvalue weighted by Gasteiger charge is -2.09. The number of amides is 1. The largest absolute Gasteiger partial charge is 0.497 e. The molecule has 0 spiro atoms. The Morgan fingerprint density at radius 3 is 2.58 bits per heavy atom. The number of hydrogen-bond donors (Lipinski definition) is 2. The number of halogens is 1. The highest BCUT2D eigenvalue weighted by atomic mass is 35.5. The summed E-state index contributed by atoms with van der Waals surface area (Å²) in [6.45, 7) is 1.85. The van der Waals surface area contributed by atoms with Gasteiger partial charge >= 0.3 is 5.97 Å². The average Bonchev–Trinajstić information content (AvgIpc) is 2.98. The van der Waals surface area contributed by atoms with Gasteiger partial charge in [-0.05, 0) is 42.8 Å². The lowest BCUT2D eigenvalue weighted by molar-refractivity contribution is 0.0600. The Labute approximate surface area is 155 Å². The van der Waals surface area contributed by atoms with Crippen LogP contribution in [0.2, 0.25) is 5.02 Å². The minimum Gasteiger partial charge on any atom is -0.497 e. The van der Waals surface area contributed by atoms with Crippen molar-refractivity contribution >= 4 is 40.1 Å². The topological polar surface area (TPSA) is 80.4 Å². The van der Waals surface area contributed by atoms with E-state index >= 15 is 0 Å². The summed E-state index contributed by atoms with van der Waals surface area (Å²) in [5.74, 6) is -0.174. The van der Waals surface area contributed by atoms with E-state index in [1.54, 1.807) is 7.11 Å². The predicted molar refractivity (Wildman–Crippen MR) is 100 cm³/mol. The summed E-state index contributed by atoms with van der Waals surface area (Å²) in [7, 11) is 2.87. The number of fused-ring (bicyclic) bond motifs is 1. The second kappa shape index (κ2) is 7.09. The molecular weight excluding hydrogens is 356 g/mol. The molecule has 0 unspecified atom stereocenters. The molecule has 1 aromatic heterocycles. The fourth-order valence-corrected chi connectivity index (χ4v) is 2.89. The molecule has 26 heavy (non-hydrogen) atoms. The number of rotatable bonds is 4. The number of aromatic amines is 1. The van der Waals surface area contributed by atoms with Crippen LogP contribution >= 0.6 is 11.6 Å². The minimum atomic E-state index is -0.508. The Morgan fingerprint density at radius 1 is 1.12 bits per heavy atom. The number of esters is 1. The van der Waals surface area contributed by atoms with Crippen LogP contribution in [-0.4, -0.2) is 31.1 Å². The first-order chi connectivity index (χ1) is 12.4. The van der Waals surface area contributed by atoms with Gasteiger partial charge in [0.25, 0.3) is 5.91 Å². The molecule has 0 atom stereocenters. The highest BCUT2D eigenvalue weighted by Gasteiger charge is 2.17. The van der Waals surface area contributed by atoms with E-state index in [0.29, 0.717) is 27.7 Å². The molecule has 1 heterocycles. The summed E-state index contributed by atoms with van der Waals surface area (Å²) in [6.07, 6.45) is 0. The number of carbonyl (C=O) groups excluding carboxylic acids is 2. The van der Waals surface area contributed by atoms with E-state index in [4.69, 9.17) is 16.3 Å². The molecule has 0 fully saturated rings. The molecular formula is C19H17ClN2O4. The maximum absolute atomic E-state index is 12.7. The van der Waals surface area contributed by atoms with Gasteiger partial charge in [0, 0.05) is 17.0 Å². The van der Waals surface area contributed by atoms with Crippen LogP contribution in [0.4, 0.5) is 5.69 Å². The smallest absolute Gasteiger partial charge is 0.337 e. The SMILES string of the molecule is COC(=O)c1ccc(Cl)c(NC(=O)c2[nH]c3cc(OC)ccc3c2C)c1. The second-order valence-electron chi connectivity index (χ2n) is 5.68. The van der Waals surface area contributed by atoms with Crippen molar-refractivity contribution in [1.82, 2.24) is 4.98 Å². The van der Waals surface area contributed by atoms with Gasteiger partial charge in [-0.3, -0.25) is 4.79 Å². The fraction of sp³-hybridized carbons (Fsp3) is 0.158. The Balaban J connectivity index is 1.94. The Bertz CT molecular complexity index is 1010. The van der Waals surface area contributed by atoms with Crippen molar-refractivity contribution in [2.75, 3.05) is 19.5 Å². The minimum absolute atomic E-state index is 0.297. The molecule has 134 valence electrons. The number of ether oxygens (including phenoxy) is 2. The normalized spacial score (nSPS) is 10.6. The van der Waals surface area contributed by atoms with Crippen molar-refractivity contribution in [3.8, 4) is 5.75 Å². The lowest BCUT2D eigenvalue weighted by Crippen LogP contribution is -2.14. The number of anilines is 1. The zero-order valence-electron chi connectivity index (χ0n) is 14.5. The molecule has 0 aliphatic heterocycles. The zero-order chi connectivity index (χ0) is 18.8. The first kappa shape index (κ1) is 17.8. The molecule has 0 bridgehead atoms. The number of nitrogens with one attached hydrogen (secondary N) is 2. The third kappa shape index (κ3) is 3.23. The molecule has 0 aliphatic rings. The van der Waals surface area contributed by atoms with Gasteiger partial charge in [0.15, 0.2) is 0 Å². The monoisotopic (exact) mass is 372 g/mol. The van der Waals surface area contributed by atoms with E-state index in [1.165, 1.54) is 25.3 Å². The van der Waals surface area contributed by atoms with Crippen molar-refractivity contribution in [3.05, 3.63) is 58.2 Å². The maximum Gasteiger partial charge on any atom is 0.337 e. The number of methoxy groups -OCH3 is 2. The average molecular weight is 373 g/mol. The van der Waals surface area contributed by atoms with Crippen molar-refractivity contribution in [1.29, 1.82) is 0 Å². The van der Waals surface area contributed by atoms with Gasteiger partial charge in [-0.15, -0.1) is 0 Å². The van der Waals surface area contributed by atoms with Crippen LogP contribution in [0.15, 0.2) is 36.4 Å². The number of H-pyrrole nitrogens is 1. The van der Waals surface area contributed by atoms with Crippen LogP contribution in [0, 0.1) is 6.92 Å². The van der Waals surface area contributed by atoms with Crippen LogP contribution in [0.5, 0.6) is 5.75 Å². The third-order valence-electron chi connectivity index (χ3n) is 4.13. The van der Waals surface area contributed by atoms with E-state index < -0.39 is 5.97 Å². The molecule has 0 saturated carbocycles. The number of carbonyl (C=O) groups is 2. The van der Waals surface area contributed by atoms with Crippen LogP contribution in [0.1, 0.15) is 26.4 Å². The maximum atomic E-state index is 12.7. The predicted octanol–water partition coefficient (Wildman–Crippen LogP) is 4.18. The molecule has 2 aromatic carbocycles. The van der Waals surface area contributed by atoms with E-state index in [0.717, 1.165) is 16.5 Å². The van der Waals surface area contributed by atoms with Gasteiger partial charge in [0.05, 0.1) is 30.5 Å². The molecule has 7 heteroatoms. The van der Waals surface area contributed by atoms with Gasteiger partial charge in [-0.2, -0.15) is 0 Å². The summed E-state index contributed by atoms with van der Waals surface area (Å²) in [5, 5.41) is 3.98. The molecule has 3 rings (SSSR count). The first-order valence-corrected chi connectivity index (χ1v) is 8.18. The molecule has 3 aromatic rings. The lowest BCUT2D eigenvalue weighted by atomic mass is 10.1. The molecule has 2 N–H and O–H groups in total. The summed E-state index contributed by atoms with van der Waals surface area (Å²) in [4.78, 5) is 27.5. The first-order valence-electron chi connectivity index (χ1n) is 7.80. The number of aromatic nitrogens is 1. The van der Waals surface area contributed by atoms with E-state index in [2.05, 4.69) is 15.0 Å². The summed E-state index contributed by atoms with van der Waals surface area (Å²) in [5.41, 5.74) is 2.63. The van der Waals surface area contributed by atoms with Crippen LogP contribution < -0.4 is 10.1 Å². The standard InChI is InChI=1S/C19H17ClN2O4/c1-10-13-6-5-12(25-2)9-15(13)21-17(10)18(23)22-16-8-11(19(24)26-3)4-7-14(16)20/h4-9,21H,1-3H3,(H,22,23). The molecule has 0 aliphatic carbocycles. The van der Waals surface area contributed by atoms with E-state index in [-0.39, 0.29) is 5.91 Å². The van der Waals surface area contributed by atoms with Gasteiger partial charge in [-0.25, -0.2) is 4.79 Å². The Kier molecular flexibility index (Phi) is 4.86. The quantitative estimate of drug-likeness (QED) is 0.673. The highest BCUT2D eigenvalue weighted by molar-refractivity contribution is 6.34. The molecule has 0 saturated heterocycles. The van der Waals surface area contributed by atoms with Crippen molar-refractivity contribution in [2.45, 2.75) is 6.92 Å². The van der Waals surface area contributed by atoms with Crippen LogP contribution in [0.25, 0.3) is 10.9 Å². The number of hydrogen-bond acceptors (Lipinski definition) is 4. The fourth-order valence-electron chi connectivity index (χ4n) is 2.72. The summed E-state index contributed by atoms with van der Waals surface area (Å²) < 4.78 is 9.90. The van der Waals surface area contributed by atoms with E-state index in [9.17, 15) is 9.59 Å². The molecule has 0 radical (unpaired) electrons. The second-order valence-corrected chi connectivity index (χ2v) is 6.08. The highest BCUT2D eigenvalue weighted by Crippen LogP contribution is 2.28. The molecule has 1 amide bonds. The van der Waals surface area contributed by atoms with Crippen molar-refractivity contribution in [3.63, 3.8) is 0 Å². The van der Waals surface area contributed by atoms with Crippen LogP contribution in [-0.2, 0) is 4.74 Å². The summed E-state index contributed by atoms with van der Waals surface area (Å²) >= 11 is 6.14. The Morgan fingerprint density at radius 2 is 1.88 bits per heavy atom. The van der Waals surface area contributed by atoms with Crippen molar-refractivity contribution in [2.24, 2.45) is 0 Å². The zero-order valence-corrected chi connectivity index (χ0v) is 15.2. The third-order valence-corrected chi connectivity index (χ3v) is 4.46. The van der Waals surface area contributed by atoms with Gasteiger partial charge < -0.3 is 19.8 Å². The van der Waals surface area contributed by atoms with E-state index in [1.807, 2.05) is 25.1 Å². The molecule has 6 nitrogen and oxygen atoms in total. The van der Waals surface area contributed by atoms with Crippen LogP contribution in [0.3, 0.4) is 0 Å². The van der Waals surface area contributed by atoms with Gasteiger partial charge in [0.2, 0.25) is 0 Å². The summed E-state index contributed by atoms with van der Waals surface area (Å²) in [6, 6.07) is 10.1. The van der Waals surface area contributed by atoms with Gasteiger partial charge in [-0.1, -0.05) is 11.6 Å².